The van der Waals surface area contributed by atoms with E-state index in [9.17, 15) is 0 Å². The molecule has 0 aliphatic carbocycles. The van der Waals surface area contributed by atoms with Crippen molar-refractivity contribution in [3.05, 3.63) is 0 Å². The van der Waals surface area contributed by atoms with E-state index in [1.165, 1.54) is 19.3 Å². The van der Waals surface area contributed by atoms with Crippen LogP contribution in [0.1, 0.15) is 53.4 Å². The van der Waals surface area contributed by atoms with Gasteiger partial charge in [-0.15, -0.1) is 0 Å². The zero-order valence-electron chi connectivity index (χ0n) is 12.2. The minimum absolute atomic E-state index is 0.0263. The first-order valence-corrected chi connectivity index (χ1v) is 7.97. The Morgan fingerprint density at radius 2 is 1.74 bits per heavy atom. The first-order chi connectivity index (χ1) is 8.68. The van der Waals surface area contributed by atoms with E-state index in [2.05, 4.69) is 32.8 Å². The minimum Gasteiger partial charge on any atom is -0.294 e. The molecule has 1 aliphatic rings. The molecule has 3 nitrogen and oxygen atoms in total. The fourth-order valence-corrected chi connectivity index (χ4v) is 2.75. The number of nitrogens with zero attached hydrogens (tertiary/aromatic N) is 3. The lowest BCUT2D eigenvalue weighted by Crippen LogP contribution is -2.52. The maximum absolute atomic E-state index is 6.03. The van der Waals surface area contributed by atoms with E-state index in [-0.39, 0.29) is 11.6 Å². The first-order valence-electron chi connectivity index (χ1n) is 6.84. The van der Waals surface area contributed by atoms with Gasteiger partial charge in [-0.2, -0.15) is 5.10 Å². The standard InChI is InChI=1S/C13H24Cl3N3/c1-5-6-7-8-9-19-11(12(2,3)4)18(10-17-19)13(14,15)16/h10-11H,5-9H2,1-4H3. The molecule has 0 N–H and O–H groups in total. The summed E-state index contributed by atoms with van der Waals surface area (Å²) >= 11 is 18.1. The van der Waals surface area contributed by atoms with E-state index in [0.29, 0.717) is 0 Å². The van der Waals surface area contributed by atoms with Crippen LogP contribution in [0.5, 0.6) is 0 Å². The number of alkyl halides is 3. The zero-order valence-corrected chi connectivity index (χ0v) is 14.4. The number of hydrogen-bond acceptors (Lipinski definition) is 3. The second kappa shape index (κ2) is 6.73. The number of unbranched alkanes of at least 4 members (excludes halogenated alkanes) is 3. The van der Waals surface area contributed by atoms with Crippen LogP contribution in [0.3, 0.4) is 0 Å². The molecule has 19 heavy (non-hydrogen) atoms. The van der Waals surface area contributed by atoms with E-state index >= 15 is 0 Å². The van der Waals surface area contributed by atoms with Gasteiger partial charge >= 0.3 is 0 Å². The third-order valence-corrected chi connectivity index (χ3v) is 3.76. The smallest absolute Gasteiger partial charge is 0.270 e. The van der Waals surface area contributed by atoms with Gasteiger partial charge in [-0.25, -0.2) is 0 Å². The fraction of sp³-hybridized carbons (Fsp3) is 0.923. The maximum atomic E-state index is 6.03. The van der Waals surface area contributed by atoms with Crippen LogP contribution >= 0.6 is 34.8 Å². The summed E-state index contributed by atoms with van der Waals surface area (Å²) in [6, 6.07) is 0. The first kappa shape index (κ1) is 17.2. The highest BCUT2D eigenvalue weighted by atomic mass is 35.6. The molecule has 1 unspecified atom stereocenters. The normalized spacial score (nSPS) is 20.5. The third-order valence-electron chi connectivity index (χ3n) is 3.18. The van der Waals surface area contributed by atoms with E-state index in [1.807, 2.05) is 5.01 Å². The second-order valence-corrected chi connectivity index (χ2v) is 8.29. The highest BCUT2D eigenvalue weighted by Gasteiger charge is 2.45. The molecule has 6 heteroatoms. The Hall–Kier alpha value is 0.140. The highest BCUT2D eigenvalue weighted by Crippen LogP contribution is 2.40. The lowest BCUT2D eigenvalue weighted by Gasteiger charge is -2.42. The summed E-state index contributed by atoms with van der Waals surface area (Å²) in [6.45, 7) is 9.50. The summed E-state index contributed by atoms with van der Waals surface area (Å²) in [5.74, 6) is 0. The van der Waals surface area contributed by atoms with Crippen LogP contribution in [-0.4, -0.2) is 32.9 Å². The Morgan fingerprint density at radius 3 is 2.21 bits per heavy atom. The number of rotatable bonds is 5. The molecule has 0 bridgehead atoms. The van der Waals surface area contributed by atoms with Crippen LogP contribution in [0.4, 0.5) is 0 Å². The monoisotopic (exact) mass is 327 g/mol. The Balaban J connectivity index is 2.69. The Labute approximate surface area is 131 Å². The van der Waals surface area contributed by atoms with E-state index in [0.717, 1.165) is 13.0 Å². The van der Waals surface area contributed by atoms with Gasteiger partial charge in [-0.3, -0.25) is 9.91 Å². The molecule has 1 heterocycles. The predicted molar refractivity (Wildman–Crippen MR) is 84.7 cm³/mol. The summed E-state index contributed by atoms with van der Waals surface area (Å²) in [5, 5.41) is 6.45. The summed E-state index contributed by atoms with van der Waals surface area (Å²) in [6.07, 6.45) is 6.43. The van der Waals surface area contributed by atoms with Gasteiger partial charge < -0.3 is 0 Å². The molecule has 0 spiro atoms. The summed E-state index contributed by atoms with van der Waals surface area (Å²) in [5.41, 5.74) is -0.0504. The van der Waals surface area contributed by atoms with Gasteiger partial charge in [0, 0.05) is 12.0 Å². The van der Waals surface area contributed by atoms with Crippen molar-refractivity contribution in [2.24, 2.45) is 10.5 Å². The van der Waals surface area contributed by atoms with Crippen molar-refractivity contribution in [1.29, 1.82) is 0 Å². The molecular weight excluding hydrogens is 305 g/mol. The lowest BCUT2D eigenvalue weighted by molar-refractivity contribution is 0.0338. The fourth-order valence-electron chi connectivity index (χ4n) is 2.34. The van der Waals surface area contributed by atoms with Gasteiger partial charge in [-0.05, 0) is 6.42 Å². The molecule has 0 aromatic heterocycles. The average molecular weight is 329 g/mol. The van der Waals surface area contributed by atoms with Crippen LogP contribution in [0.2, 0.25) is 0 Å². The number of hydrazone groups is 1. The maximum Gasteiger partial charge on any atom is 0.270 e. The van der Waals surface area contributed by atoms with Crippen LogP contribution in [-0.2, 0) is 0 Å². The van der Waals surface area contributed by atoms with Crippen molar-refractivity contribution in [3.63, 3.8) is 0 Å². The van der Waals surface area contributed by atoms with Crippen molar-refractivity contribution < 1.29 is 0 Å². The summed E-state index contributed by atoms with van der Waals surface area (Å²) < 4.78 is -1.46. The molecule has 112 valence electrons. The van der Waals surface area contributed by atoms with E-state index in [1.54, 1.807) is 11.2 Å². The molecule has 0 aromatic rings. The largest absolute Gasteiger partial charge is 0.294 e. The number of hydrogen-bond donors (Lipinski definition) is 0. The van der Waals surface area contributed by atoms with E-state index in [4.69, 9.17) is 34.8 Å². The van der Waals surface area contributed by atoms with Crippen molar-refractivity contribution in [2.75, 3.05) is 6.54 Å². The molecular formula is C13H24Cl3N3. The average Bonchev–Trinajstić information content (AvgIpc) is 2.67. The van der Waals surface area contributed by atoms with Crippen molar-refractivity contribution >= 4 is 41.1 Å². The van der Waals surface area contributed by atoms with Crippen LogP contribution in [0, 0.1) is 5.41 Å². The summed E-state index contributed by atoms with van der Waals surface area (Å²) in [7, 11) is 0. The minimum atomic E-state index is -1.46. The van der Waals surface area contributed by atoms with Gasteiger partial charge in [-0.1, -0.05) is 81.8 Å². The highest BCUT2D eigenvalue weighted by molar-refractivity contribution is 6.67. The molecule has 0 saturated carbocycles. The zero-order chi connectivity index (χ0) is 14.7. The molecule has 0 aromatic carbocycles. The molecule has 0 saturated heterocycles. The van der Waals surface area contributed by atoms with Crippen LogP contribution < -0.4 is 0 Å². The van der Waals surface area contributed by atoms with Gasteiger partial charge in [0.15, 0.2) is 0 Å². The molecule has 0 radical (unpaired) electrons. The molecule has 0 amide bonds. The quantitative estimate of drug-likeness (QED) is 0.409. The molecule has 1 atom stereocenters. The van der Waals surface area contributed by atoms with Crippen LogP contribution in [0.25, 0.3) is 0 Å². The Bertz CT molecular complexity index is 307. The van der Waals surface area contributed by atoms with Crippen LogP contribution in [0.15, 0.2) is 5.10 Å². The van der Waals surface area contributed by atoms with Gasteiger partial charge in [0.1, 0.15) is 12.5 Å². The lowest BCUT2D eigenvalue weighted by atomic mass is 9.91. The van der Waals surface area contributed by atoms with Gasteiger partial charge in [0.05, 0.1) is 0 Å². The SMILES string of the molecule is CCCCCCN1N=CN(C(Cl)(Cl)Cl)C1C(C)(C)C. The second-order valence-electron chi connectivity index (χ2n) is 6.07. The van der Waals surface area contributed by atoms with Crippen molar-refractivity contribution in [1.82, 2.24) is 9.91 Å². The third kappa shape index (κ3) is 4.87. The van der Waals surface area contributed by atoms with E-state index < -0.39 is 3.92 Å². The molecule has 1 rings (SSSR count). The van der Waals surface area contributed by atoms with Gasteiger partial charge in [0.25, 0.3) is 3.92 Å². The van der Waals surface area contributed by atoms with Crippen molar-refractivity contribution in [3.8, 4) is 0 Å². The molecule has 0 fully saturated rings. The van der Waals surface area contributed by atoms with Crippen molar-refractivity contribution in [2.45, 2.75) is 63.5 Å². The number of halogens is 3. The molecule has 1 aliphatic heterocycles. The topological polar surface area (TPSA) is 18.8 Å². The predicted octanol–water partition coefficient (Wildman–Crippen LogP) is 4.83. The Morgan fingerprint density at radius 1 is 1.11 bits per heavy atom. The summed E-state index contributed by atoms with van der Waals surface area (Å²) in [4.78, 5) is 1.71. The van der Waals surface area contributed by atoms with Gasteiger partial charge in [0.2, 0.25) is 0 Å². The Kier molecular flexibility index (Phi) is 6.09.